The molecule has 1 atom stereocenters. The molecule has 1 aromatic heterocycles. The number of halogens is 2. The number of pyridine rings is 1. The fraction of sp³-hybridized carbons (Fsp3) is 0.250. The Kier molecular flexibility index (Phi) is 4.40. The summed E-state index contributed by atoms with van der Waals surface area (Å²) in [6.07, 6.45) is 1.93. The first-order chi connectivity index (χ1) is 6.50. The monoisotopic (exact) mass is 339 g/mol. The van der Waals surface area contributed by atoms with E-state index >= 15 is 0 Å². The van der Waals surface area contributed by atoms with E-state index in [1.807, 2.05) is 6.07 Å². The third-order valence-corrected chi connectivity index (χ3v) is 3.08. The van der Waals surface area contributed by atoms with Gasteiger partial charge in [0, 0.05) is 21.6 Å². The Morgan fingerprint density at radius 3 is 2.79 bits per heavy atom. The molecule has 0 spiro atoms. The summed E-state index contributed by atoms with van der Waals surface area (Å²) in [4.78, 5) is 14.6. The first-order valence-electron chi connectivity index (χ1n) is 3.71. The quantitative estimate of drug-likeness (QED) is 0.831. The number of aliphatic carboxylic acids is 1. The van der Waals surface area contributed by atoms with Crippen LogP contribution in [0.25, 0.3) is 0 Å². The number of carbonyl (C=O) groups is 1. The van der Waals surface area contributed by atoms with Crippen LogP contribution in [0.2, 0.25) is 0 Å². The van der Waals surface area contributed by atoms with Gasteiger partial charge in [0.25, 0.3) is 0 Å². The molecule has 76 valence electrons. The van der Waals surface area contributed by atoms with Crippen molar-refractivity contribution in [1.29, 1.82) is 0 Å². The number of carboxylic acids is 1. The molecule has 0 fully saturated rings. The van der Waals surface area contributed by atoms with Gasteiger partial charge in [-0.2, -0.15) is 12.6 Å². The summed E-state index contributed by atoms with van der Waals surface area (Å²) in [5.41, 5.74) is 0.690. The zero-order chi connectivity index (χ0) is 10.7. The van der Waals surface area contributed by atoms with Gasteiger partial charge in [-0.05, 0) is 37.9 Å². The first kappa shape index (κ1) is 12.0. The van der Waals surface area contributed by atoms with Gasteiger partial charge >= 0.3 is 5.97 Å². The van der Waals surface area contributed by atoms with Crippen LogP contribution in [-0.2, 0) is 11.2 Å². The molecule has 3 nitrogen and oxygen atoms in total. The molecule has 1 heterocycles. The lowest BCUT2D eigenvalue weighted by molar-refractivity contribution is -0.136. The van der Waals surface area contributed by atoms with Crippen molar-refractivity contribution in [2.45, 2.75) is 11.7 Å². The minimum absolute atomic E-state index is 0.298. The normalized spacial score (nSPS) is 12.5. The fourth-order valence-electron chi connectivity index (χ4n) is 0.864. The Labute approximate surface area is 104 Å². The van der Waals surface area contributed by atoms with Crippen LogP contribution in [0.5, 0.6) is 0 Å². The smallest absolute Gasteiger partial charge is 0.316 e. The Hall–Kier alpha value is -0.0700. The van der Waals surface area contributed by atoms with E-state index in [-0.39, 0.29) is 0 Å². The van der Waals surface area contributed by atoms with Gasteiger partial charge < -0.3 is 5.11 Å². The molecule has 1 N–H and O–H groups in total. The van der Waals surface area contributed by atoms with Crippen molar-refractivity contribution in [2.75, 3.05) is 0 Å². The number of hydrogen-bond donors (Lipinski definition) is 2. The molecule has 14 heavy (non-hydrogen) atoms. The van der Waals surface area contributed by atoms with Crippen LogP contribution in [0.1, 0.15) is 5.69 Å². The van der Waals surface area contributed by atoms with Crippen molar-refractivity contribution in [3.05, 3.63) is 26.9 Å². The van der Waals surface area contributed by atoms with Gasteiger partial charge in [-0.1, -0.05) is 0 Å². The summed E-state index contributed by atoms with van der Waals surface area (Å²) in [7, 11) is 0. The lowest BCUT2D eigenvalue weighted by atomic mass is 10.2. The van der Waals surface area contributed by atoms with E-state index in [2.05, 4.69) is 49.5 Å². The molecule has 0 saturated carbocycles. The highest BCUT2D eigenvalue weighted by molar-refractivity contribution is 9.11. The van der Waals surface area contributed by atoms with Gasteiger partial charge in [-0.25, -0.2) is 0 Å². The molecule has 0 saturated heterocycles. The summed E-state index contributed by atoms with van der Waals surface area (Å²) in [5.74, 6) is -0.940. The Balaban J connectivity index is 2.82. The fourth-order valence-corrected chi connectivity index (χ4v) is 2.19. The summed E-state index contributed by atoms with van der Waals surface area (Å²) in [5, 5.41) is 7.94. The number of aromatic nitrogens is 1. The van der Waals surface area contributed by atoms with Crippen LogP contribution in [0.15, 0.2) is 21.2 Å². The van der Waals surface area contributed by atoms with Gasteiger partial charge in [0.1, 0.15) is 5.25 Å². The molecular weight excluding hydrogens is 334 g/mol. The van der Waals surface area contributed by atoms with Crippen LogP contribution in [-0.4, -0.2) is 21.3 Å². The summed E-state index contributed by atoms with van der Waals surface area (Å²) < 4.78 is 1.63. The van der Waals surface area contributed by atoms with E-state index in [0.717, 1.165) is 8.95 Å². The molecule has 1 rings (SSSR count). The molecule has 6 heteroatoms. The van der Waals surface area contributed by atoms with Crippen molar-refractivity contribution in [1.82, 2.24) is 4.98 Å². The van der Waals surface area contributed by atoms with Crippen molar-refractivity contribution >= 4 is 50.5 Å². The molecular formula is C8H7Br2NO2S. The number of nitrogens with zero attached hydrogens (tertiary/aromatic N) is 1. The zero-order valence-corrected chi connectivity index (χ0v) is 11.0. The third kappa shape index (κ3) is 3.25. The molecule has 1 aromatic rings. The average molecular weight is 341 g/mol. The molecule has 0 aliphatic heterocycles. The number of thiol groups is 1. The second-order valence-corrected chi connectivity index (χ2v) is 5.03. The van der Waals surface area contributed by atoms with Gasteiger partial charge in [-0.3, -0.25) is 9.78 Å². The highest BCUT2D eigenvalue weighted by atomic mass is 79.9. The second-order valence-electron chi connectivity index (χ2n) is 2.64. The lowest BCUT2D eigenvalue weighted by Gasteiger charge is -2.06. The van der Waals surface area contributed by atoms with Crippen LogP contribution < -0.4 is 0 Å². The molecule has 0 aromatic carbocycles. The number of carboxylic acid groups (broad SMARTS) is 1. The molecule has 0 bridgehead atoms. The van der Waals surface area contributed by atoms with Crippen molar-refractivity contribution in [2.24, 2.45) is 0 Å². The van der Waals surface area contributed by atoms with E-state index in [0.29, 0.717) is 12.1 Å². The minimum Gasteiger partial charge on any atom is -0.480 e. The van der Waals surface area contributed by atoms with Crippen LogP contribution in [0, 0.1) is 0 Å². The summed E-state index contributed by atoms with van der Waals surface area (Å²) >= 11 is 10.5. The highest BCUT2D eigenvalue weighted by Crippen LogP contribution is 2.21. The van der Waals surface area contributed by atoms with Gasteiger partial charge in [0.05, 0.1) is 5.69 Å². The molecule has 0 aliphatic rings. The molecule has 0 aliphatic carbocycles. The lowest BCUT2D eigenvalue weighted by Crippen LogP contribution is -2.17. The van der Waals surface area contributed by atoms with Crippen LogP contribution in [0.3, 0.4) is 0 Å². The van der Waals surface area contributed by atoms with Crippen LogP contribution in [0.4, 0.5) is 0 Å². The summed E-state index contributed by atoms with van der Waals surface area (Å²) in [6.45, 7) is 0. The number of rotatable bonds is 3. The van der Waals surface area contributed by atoms with Crippen molar-refractivity contribution in [3.63, 3.8) is 0 Å². The topological polar surface area (TPSA) is 50.2 Å². The van der Waals surface area contributed by atoms with E-state index < -0.39 is 11.2 Å². The van der Waals surface area contributed by atoms with Crippen LogP contribution >= 0.6 is 44.5 Å². The second kappa shape index (κ2) is 5.14. The Morgan fingerprint density at radius 1 is 1.64 bits per heavy atom. The highest BCUT2D eigenvalue weighted by Gasteiger charge is 2.15. The minimum atomic E-state index is -0.940. The Bertz CT molecular complexity index is 359. The van der Waals surface area contributed by atoms with Gasteiger partial charge in [-0.15, -0.1) is 0 Å². The maximum absolute atomic E-state index is 10.6. The predicted molar refractivity (Wildman–Crippen MR) is 63.8 cm³/mol. The average Bonchev–Trinajstić information content (AvgIpc) is 2.09. The van der Waals surface area contributed by atoms with E-state index in [9.17, 15) is 4.79 Å². The molecule has 0 radical (unpaired) electrons. The first-order valence-corrected chi connectivity index (χ1v) is 5.81. The van der Waals surface area contributed by atoms with Gasteiger partial charge in [0.2, 0.25) is 0 Å². The number of hydrogen-bond acceptors (Lipinski definition) is 3. The maximum Gasteiger partial charge on any atom is 0.316 e. The third-order valence-electron chi connectivity index (χ3n) is 1.56. The van der Waals surface area contributed by atoms with Crippen molar-refractivity contribution < 1.29 is 9.90 Å². The predicted octanol–water partition coefficient (Wildman–Crippen LogP) is 2.53. The molecule has 0 amide bonds. The molecule has 1 unspecified atom stereocenters. The summed E-state index contributed by atoms with van der Waals surface area (Å²) in [6, 6.07) is 1.82. The Morgan fingerprint density at radius 2 is 2.29 bits per heavy atom. The largest absolute Gasteiger partial charge is 0.480 e. The van der Waals surface area contributed by atoms with E-state index in [4.69, 9.17) is 5.11 Å². The van der Waals surface area contributed by atoms with E-state index in [1.165, 1.54) is 0 Å². The SMILES string of the molecule is O=C(O)C(S)Cc1ncc(Br)cc1Br. The zero-order valence-electron chi connectivity index (χ0n) is 6.94. The van der Waals surface area contributed by atoms with Gasteiger partial charge in [0.15, 0.2) is 0 Å². The maximum atomic E-state index is 10.6. The standard InChI is InChI=1S/C8H7Br2NO2S/c9-4-1-5(10)6(11-3-4)2-7(14)8(12)13/h1,3,7,14H,2H2,(H,12,13). The van der Waals surface area contributed by atoms with E-state index in [1.54, 1.807) is 6.20 Å². The van der Waals surface area contributed by atoms with Crippen molar-refractivity contribution in [3.8, 4) is 0 Å².